The Bertz CT molecular complexity index is 929. The third kappa shape index (κ3) is 10.1. The molecule has 1 aliphatic rings. The molecule has 1 fully saturated rings. The summed E-state index contributed by atoms with van der Waals surface area (Å²) in [5, 5.41) is 19.8. The van der Waals surface area contributed by atoms with Gasteiger partial charge in [0.1, 0.15) is 18.1 Å². The summed E-state index contributed by atoms with van der Waals surface area (Å²) >= 11 is 1.32. The lowest BCUT2D eigenvalue weighted by molar-refractivity contribution is -0.143. The van der Waals surface area contributed by atoms with Gasteiger partial charge in [-0.1, -0.05) is 20.8 Å². The van der Waals surface area contributed by atoms with E-state index in [-0.39, 0.29) is 37.3 Å². The summed E-state index contributed by atoms with van der Waals surface area (Å²) in [5.41, 5.74) is 7.30. The van der Waals surface area contributed by atoms with Crippen LogP contribution >= 0.6 is 11.3 Å². The Morgan fingerprint density at radius 1 is 1.24 bits per heavy atom. The zero-order chi connectivity index (χ0) is 27.6. The van der Waals surface area contributed by atoms with E-state index in [1.807, 2.05) is 20.8 Å². The molecule has 6 N–H and O–H groups in total. The van der Waals surface area contributed by atoms with Crippen molar-refractivity contribution in [2.75, 3.05) is 6.54 Å². The lowest BCUT2D eigenvalue weighted by atomic mass is 9.88. The first kappa shape index (κ1) is 30.2. The number of nitrogens with zero attached hydrogens (tertiary/aromatic N) is 2. The van der Waals surface area contributed by atoms with Crippen molar-refractivity contribution in [3.63, 3.8) is 0 Å². The van der Waals surface area contributed by atoms with Gasteiger partial charge >= 0.3 is 5.97 Å². The van der Waals surface area contributed by atoms with Gasteiger partial charge in [-0.3, -0.25) is 24.5 Å². The van der Waals surface area contributed by atoms with Gasteiger partial charge < -0.3 is 26.4 Å². The summed E-state index contributed by atoms with van der Waals surface area (Å²) in [4.78, 5) is 67.4. The summed E-state index contributed by atoms with van der Waals surface area (Å²) < 4.78 is 0. The van der Waals surface area contributed by atoms with Crippen molar-refractivity contribution in [2.24, 2.45) is 11.1 Å². The van der Waals surface area contributed by atoms with Gasteiger partial charge in [0.15, 0.2) is 0 Å². The van der Waals surface area contributed by atoms with Gasteiger partial charge in [-0.15, -0.1) is 11.3 Å². The molecule has 206 valence electrons. The van der Waals surface area contributed by atoms with Gasteiger partial charge in [-0.25, -0.2) is 9.78 Å². The van der Waals surface area contributed by atoms with Gasteiger partial charge in [0.05, 0.1) is 17.4 Å². The number of carbonyl (C=O) groups excluding carboxylic acids is 4. The van der Waals surface area contributed by atoms with Crippen LogP contribution in [0.5, 0.6) is 0 Å². The van der Waals surface area contributed by atoms with Crippen LogP contribution in [0.15, 0.2) is 10.9 Å². The van der Waals surface area contributed by atoms with E-state index in [1.165, 1.54) is 16.2 Å². The van der Waals surface area contributed by atoms with Crippen LogP contribution in [0.4, 0.5) is 0 Å². The summed E-state index contributed by atoms with van der Waals surface area (Å²) in [7, 11) is 0. The van der Waals surface area contributed by atoms with Crippen molar-refractivity contribution in [1.29, 1.82) is 0 Å². The third-order valence-electron chi connectivity index (χ3n) is 6.17. The minimum Gasteiger partial charge on any atom is -0.480 e. The second-order valence-electron chi connectivity index (χ2n) is 10.4. The van der Waals surface area contributed by atoms with E-state index in [9.17, 15) is 29.1 Å². The summed E-state index contributed by atoms with van der Waals surface area (Å²) in [6.07, 6.45) is 2.27. The van der Waals surface area contributed by atoms with Crippen molar-refractivity contribution < 1.29 is 29.1 Å². The van der Waals surface area contributed by atoms with E-state index in [4.69, 9.17) is 5.73 Å². The van der Waals surface area contributed by atoms with E-state index in [2.05, 4.69) is 20.9 Å². The molecule has 1 saturated heterocycles. The monoisotopic (exact) mass is 538 g/mol. The quantitative estimate of drug-likeness (QED) is 0.198. The van der Waals surface area contributed by atoms with Crippen molar-refractivity contribution in [3.8, 4) is 0 Å². The number of hydrogen-bond acceptors (Lipinski definition) is 8. The average Bonchev–Trinajstić information content (AvgIpc) is 3.52. The van der Waals surface area contributed by atoms with Crippen LogP contribution in [0.3, 0.4) is 0 Å². The van der Waals surface area contributed by atoms with Crippen LogP contribution in [0.1, 0.15) is 65.0 Å². The van der Waals surface area contributed by atoms with Gasteiger partial charge in [0, 0.05) is 18.2 Å². The molecule has 1 aromatic heterocycles. The van der Waals surface area contributed by atoms with E-state index in [1.54, 1.807) is 10.9 Å². The fourth-order valence-corrected chi connectivity index (χ4v) is 4.68. The largest absolute Gasteiger partial charge is 0.480 e. The molecule has 4 amide bonds. The topological polar surface area (TPSA) is 184 Å². The predicted molar refractivity (Wildman–Crippen MR) is 137 cm³/mol. The zero-order valence-corrected chi connectivity index (χ0v) is 22.4. The molecule has 13 heteroatoms. The number of hydrogen-bond donors (Lipinski definition) is 5. The maximum Gasteiger partial charge on any atom is 0.326 e. The maximum absolute atomic E-state index is 13.4. The minimum atomic E-state index is -1.17. The number of carbonyl (C=O) groups is 5. The minimum absolute atomic E-state index is 0.0214. The maximum atomic E-state index is 13.4. The van der Waals surface area contributed by atoms with Crippen LogP contribution in [0, 0.1) is 5.41 Å². The number of carboxylic acids is 1. The molecule has 2 rings (SSSR count). The highest BCUT2D eigenvalue weighted by atomic mass is 32.1. The molecule has 1 aromatic rings. The molecule has 1 aliphatic heterocycles. The Morgan fingerprint density at radius 2 is 1.95 bits per heavy atom. The Kier molecular flexibility index (Phi) is 11.4. The number of carboxylic acid groups (broad SMARTS) is 1. The normalized spacial score (nSPS) is 17.9. The Balaban J connectivity index is 2.24. The van der Waals surface area contributed by atoms with Crippen molar-refractivity contribution in [2.45, 2.75) is 90.0 Å². The molecule has 0 aromatic carbocycles. The molecule has 0 radical (unpaired) electrons. The first-order valence-corrected chi connectivity index (χ1v) is 13.3. The number of rotatable bonds is 15. The molecular weight excluding hydrogens is 500 g/mol. The molecule has 12 nitrogen and oxygen atoms in total. The van der Waals surface area contributed by atoms with Crippen LogP contribution in [-0.2, 0) is 30.4 Å². The number of nitrogens with one attached hydrogen (secondary N) is 3. The molecule has 37 heavy (non-hydrogen) atoms. The van der Waals surface area contributed by atoms with Crippen LogP contribution in [-0.4, -0.2) is 75.9 Å². The fraction of sp³-hybridized carbons (Fsp3) is 0.667. The number of primary amides is 1. The van der Waals surface area contributed by atoms with Gasteiger partial charge in [0.25, 0.3) is 0 Å². The first-order valence-electron chi connectivity index (χ1n) is 12.4. The molecule has 0 aliphatic carbocycles. The Morgan fingerprint density at radius 3 is 2.46 bits per heavy atom. The van der Waals surface area contributed by atoms with Crippen LogP contribution < -0.4 is 21.7 Å². The molecule has 0 saturated carbocycles. The van der Waals surface area contributed by atoms with E-state index < -0.39 is 41.8 Å². The number of amides is 4. The molecule has 0 unspecified atom stereocenters. The average molecular weight is 539 g/mol. The molecule has 0 bridgehead atoms. The zero-order valence-electron chi connectivity index (χ0n) is 21.6. The Labute approximate surface area is 220 Å². The smallest absolute Gasteiger partial charge is 0.326 e. The van der Waals surface area contributed by atoms with E-state index in [0.29, 0.717) is 31.5 Å². The van der Waals surface area contributed by atoms with Gasteiger partial charge in [-0.2, -0.15) is 0 Å². The first-order chi connectivity index (χ1) is 17.4. The standard InChI is InChI=1S/C24H38N6O6S/c1-24(2,3)9-8-16(23(35)36)28-21(33)17(11-15-12-37-13-27-15)29-22(34)18(6-7-19(25)32)30(14-31)20-5-4-10-26-20/h12-14,16-18,20,26H,4-11H2,1-3H3,(H2,25,32)(H,28,33)(H,29,34)(H,35,36)/t16-,17-,18-,20-/m0/s1. The predicted octanol–water partition coefficient (Wildman–Crippen LogP) is 0.368. The van der Waals surface area contributed by atoms with Crippen molar-refractivity contribution >= 4 is 41.4 Å². The second-order valence-corrected chi connectivity index (χ2v) is 11.1. The lowest BCUT2D eigenvalue weighted by Crippen LogP contribution is -2.58. The number of nitrogens with two attached hydrogens (primary N) is 1. The highest BCUT2D eigenvalue weighted by Gasteiger charge is 2.35. The van der Waals surface area contributed by atoms with Crippen LogP contribution in [0.25, 0.3) is 0 Å². The van der Waals surface area contributed by atoms with Crippen molar-refractivity contribution in [1.82, 2.24) is 25.8 Å². The highest BCUT2D eigenvalue weighted by Crippen LogP contribution is 2.22. The molecule has 0 spiro atoms. The summed E-state index contributed by atoms with van der Waals surface area (Å²) in [5.74, 6) is -3.11. The molecular formula is C24H38N6O6S. The van der Waals surface area contributed by atoms with E-state index >= 15 is 0 Å². The number of thiazole rings is 1. The van der Waals surface area contributed by atoms with E-state index in [0.717, 1.165) is 6.42 Å². The summed E-state index contributed by atoms with van der Waals surface area (Å²) in [6, 6.07) is -3.34. The van der Waals surface area contributed by atoms with Crippen LogP contribution in [0.2, 0.25) is 0 Å². The number of aromatic nitrogens is 1. The fourth-order valence-electron chi connectivity index (χ4n) is 4.11. The Hall–Kier alpha value is -3.06. The number of aliphatic carboxylic acids is 1. The second kappa shape index (κ2) is 14.0. The third-order valence-corrected chi connectivity index (χ3v) is 6.81. The SMILES string of the molecule is CC(C)(C)CC[C@H](NC(=O)[C@H](Cc1cscn1)NC(=O)[C@H](CCC(N)=O)N(C=O)[C@H]1CCCN1)C(=O)O. The lowest BCUT2D eigenvalue weighted by Gasteiger charge is -2.33. The molecule has 2 heterocycles. The van der Waals surface area contributed by atoms with Gasteiger partial charge in [-0.05, 0) is 44.1 Å². The highest BCUT2D eigenvalue weighted by molar-refractivity contribution is 7.07. The summed E-state index contributed by atoms with van der Waals surface area (Å²) in [6.45, 7) is 6.61. The molecule has 4 atom stereocenters. The van der Waals surface area contributed by atoms with Crippen molar-refractivity contribution in [3.05, 3.63) is 16.6 Å². The van der Waals surface area contributed by atoms with Gasteiger partial charge in [0.2, 0.25) is 24.1 Å².